The number of nitro benzene ring substituents is 1. The molecule has 0 saturated heterocycles. The Kier molecular flexibility index (Phi) is 6.20. The second kappa shape index (κ2) is 8.79. The van der Waals surface area contributed by atoms with Crippen molar-refractivity contribution in [3.63, 3.8) is 0 Å². The number of anilines is 1. The zero-order valence-corrected chi connectivity index (χ0v) is 16.5. The summed E-state index contributed by atoms with van der Waals surface area (Å²) in [6.45, 7) is 4.20. The summed E-state index contributed by atoms with van der Waals surface area (Å²) in [5.41, 5.74) is 2.01. The number of fused-ring (bicyclic) bond motifs is 1. The molecule has 0 fully saturated rings. The van der Waals surface area contributed by atoms with Crippen molar-refractivity contribution in [1.29, 1.82) is 0 Å². The highest BCUT2D eigenvalue weighted by Gasteiger charge is 2.19. The van der Waals surface area contributed by atoms with Crippen LogP contribution in [0.4, 0.5) is 10.8 Å². The fourth-order valence-electron chi connectivity index (χ4n) is 2.81. The molecule has 0 aliphatic rings. The summed E-state index contributed by atoms with van der Waals surface area (Å²) >= 11 is 1.39. The average Bonchev–Trinajstić information content (AvgIpc) is 3.08. The maximum Gasteiger partial charge on any atom is 0.311 e. The van der Waals surface area contributed by atoms with E-state index in [9.17, 15) is 14.9 Å². The number of ether oxygens (including phenoxy) is 1. The second-order valence-electron chi connectivity index (χ2n) is 6.25. The largest absolute Gasteiger partial charge is 0.487 e. The SMILES string of the molecule is CCCCc1ccc2nc(NC(=O)c3ccc(OCC)c([N+](=O)[O-])c3)sc2c1. The standard InChI is InChI=1S/C20H21N3O4S/c1-3-5-6-13-7-9-15-18(11-13)28-20(21-15)22-19(24)14-8-10-17(27-4-2)16(12-14)23(25)26/h7-12H,3-6H2,1-2H3,(H,21,22,24). The van der Waals surface area contributed by atoms with E-state index in [0.717, 1.165) is 29.5 Å². The molecule has 0 unspecified atom stereocenters. The van der Waals surface area contributed by atoms with Crippen LogP contribution in [0, 0.1) is 10.1 Å². The number of aromatic nitrogens is 1. The topological polar surface area (TPSA) is 94.4 Å². The molecule has 1 N–H and O–H groups in total. The minimum atomic E-state index is -0.558. The van der Waals surface area contributed by atoms with Gasteiger partial charge in [0, 0.05) is 11.6 Å². The van der Waals surface area contributed by atoms with Crippen LogP contribution in [0.25, 0.3) is 10.2 Å². The number of carbonyl (C=O) groups is 1. The maximum absolute atomic E-state index is 12.5. The van der Waals surface area contributed by atoms with Gasteiger partial charge in [0.05, 0.1) is 21.7 Å². The predicted molar refractivity (Wildman–Crippen MR) is 110 cm³/mol. The number of unbranched alkanes of at least 4 members (excludes halogenated alkanes) is 1. The van der Waals surface area contributed by atoms with Gasteiger partial charge in [-0.3, -0.25) is 20.2 Å². The molecule has 0 atom stereocenters. The van der Waals surface area contributed by atoms with Crippen molar-refractivity contribution in [1.82, 2.24) is 4.98 Å². The van der Waals surface area contributed by atoms with Gasteiger partial charge in [-0.05, 0) is 49.6 Å². The Morgan fingerprint density at radius 3 is 2.79 bits per heavy atom. The molecule has 8 heteroatoms. The molecule has 0 aliphatic heterocycles. The average molecular weight is 399 g/mol. The molecule has 3 rings (SSSR count). The molecule has 0 saturated carbocycles. The highest BCUT2D eigenvalue weighted by Crippen LogP contribution is 2.30. The number of amides is 1. The number of nitrogens with zero attached hydrogens (tertiary/aromatic N) is 2. The zero-order valence-electron chi connectivity index (χ0n) is 15.7. The Hall–Kier alpha value is -3.00. The third-order valence-electron chi connectivity index (χ3n) is 4.21. The van der Waals surface area contributed by atoms with Crippen molar-refractivity contribution < 1.29 is 14.5 Å². The molecule has 0 bridgehead atoms. The number of carbonyl (C=O) groups excluding carboxylic acids is 1. The lowest BCUT2D eigenvalue weighted by atomic mass is 10.1. The molecule has 1 amide bonds. The van der Waals surface area contributed by atoms with Gasteiger partial charge in [0.25, 0.3) is 5.91 Å². The fraction of sp³-hybridized carbons (Fsp3) is 0.300. The van der Waals surface area contributed by atoms with E-state index in [1.807, 2.05) is 6.07 Å². The van der Waals surface area contributed by atoms with Crippen LogP contribution in [-0.4, -0.2) is 22.4 Å². The van der Waals surface area contributed by atoms with Crippen molar-refractivity contribution in [2.75, 3.05) is 11.9 Å². The minimum Gasteiger partial charge on any atom is -0.487 e. The van der Waals surface area contributed by atoms with Crippen LogP contribution < -0.4 is 10.1 Å². The van der Waals surface area contributed by atoms with Crippen molar-refractivity contribution in [2.24, 2.45) is 0 Å². The summed E-state index contributed by atoms with van der Waals surface area (Å²) in [6.07, 6.45) is 3.28. The van der Waals surface area contributed by atoms with Gasteiger partial charge in [-0.25, -0.2) is 4.98 Å². The smallest absolute Gasteiger partial charge is 0.311 e. The molecular weight excluding hydrogens is 378 g/mol. The first-order valence-electron chi connectivity index (χ1n) is 9.13. The van der Waals surface area contributed by atoms with Crippen LogP contribution in [0.5, 0.6) is 5.75 Å². The Balaban J connectivity index is 1.80. The fourth-order valence-corrected chi connectivity index (χ4v) is 3.73. The number of benzene rings is 2. The van der Waals surface area contributed by atoms with Gasteiger partial charge in [-0.1, -0.05) is 30.7 Å². The summed E-state index contributed by atoms with van der Waals surface area (Å²) in [7, 11) is 0. The van der Waals surface area contributed by atoms with Crippen LogP contribution in [0.1, 0.15) is 42.6 Å². The van der Waals surface area contributed by atoms with E-state index in [1.54, 1.807) is 6.92 Å². The number of hydrogen-bond donors (Lipinski definition) is 1. The van der Waals surface area contributed by atoms with Gasteiger partial charge in [0.1, 0.15) is 0 Å². The van der Waals surface area contributed by atoms with Gasteiger partial charge in [-0.2, -0.15) is 0 Å². The van der Waals surface area contributed by atoms with Crippen LogP contribution >= 0.6 is 11.3 Å². The van der Waals surface area contributed by atoms with Gasteiger partial charge in [-0.15, -0.1) is 0 Å². The zero-order chi connectivity index (χ0) is 20.1. The highest BCUT2D eigenvalue weighted by atomic mass is 32.1. The number of hydrogen-bond acceptors (Lipinski definition) is 6. The lowest BCUT2D eigenvalue weighted by Gasteiger charge is -2.06. The summed E-state index contributed by atoms with van der Waals surface area (Å²) in [5.74, 6) is -0.306. The predicted octanol–water partition coefficient (Wildman–Crippen LogP) is 5.20. The van der Waals surface area contributed by atoms with Crippen molar-refractivity contribution in [3.8, 4) is 5.75 Å². The van der Waals surface area contributed by atoms with E-state index in [2.05, 4.69) is 29.4 Å². The molecule has 1 heterocycles. The molecule has 0 spiro atoms. The molecule has 1 aromatic heterocycles. The Labute approximate surface area is 166 Å². The first-order valence-corrected chi connectivity index (χ1v) is 9.95. The van der Waals surface area contributed by atoms with E-state index in [-0.39, 0.29) is 17.0 Å². The van der Waals surface area contributed by atoms with E-state index >= 15 is 0 Å². The molecule has 146 valence electrons. The van der Waals surface area contributed by atoms with Crippen LogP contribution in [-0.2, 0) is 6.42 Å². The minimum absolute atomic E-state index is 0.142. The van der Waals surface area contributed by atoms with Gasteiger partial charge in [0.15, 0.2) is 10.9 Å². The van der Waals surface area contributed by atoms with E-state index in [1.165, 1.54) is 35.1 Å². The quantitative estimate of drug-likeness (QED) is 0.415. The van der Waals surface area contributed by atoms with Crippen LogP contribution in [0.3, 0.4) is 0 Å². The molecule has 2 aromatic carbocycles. The summed E-state index contributed by atoms with van der Waals surface area (Å²) in [5, 5.41) is 14.4. The normalized spacial score (nSPS) is 10.8. The van der Waals surface area contributed by atoms with Crippen LogP contribution in [0.2, 0.25) is 0 Å². The molecule has 7 nitrogen and oxygen atoms in total. The monoisotopic (exact) mass is 399 g/mol. The first kappa shape index (κ1) is 19.8. The van der Waals surface area contributed by atoms with Crippen molar-refractivity contribution in [3.05, 3.63) is 57.6 Å². The third-order valence-corrected chi connectivity index (χ3v) is 5.14. The van der Waals surface area contributed by atoms with E-state index < -0.39 is 10.8 Å². The first-order chi connectivity index (χ1) is 13.5. The lowest BCUT2D eigenvalue weighted by Crippen LogP contribution is -2.12. The molecule has 3 aromatic rings. The van der Waals surface area contributed by atoms with E-state index in [0.29, 0.717) is 11.7 Å². The maximum atomic E-state index is 12.5. The Morgan fingerprint density at radius 2 is 2.07 bits per heavy atom. The Morgan fingerprint density at radius 1 is 1.25 bits per heavy atom. The molecule has 0 radical (unpaired) electrons. The number of aryl methyl sites for hydroxylation is 1. The molecule has 0 aliphatic carbocycles. The molecular formula is C20H21N3O4S. The van der Waals surface area contributed by atoms with Crippen molar-refractivity contribution in [2.45, 2.75) is 33.1 Å². The van der Waals surface area contributed by atoms with Crippen molar-refractivity contribution >= 4 is 38.3 Å². The van der Waals surface area contributed by atoms with Gasteiger partial charge < -0.3 is 4.74 Å². The van der Waals surface area contributed by atoms with Gasteiger partial charge >= 0.3 is 5.69 Å². The summed E-state index contributed by atoms with van der Waals surface area (Å²) in [6, 6.07) is 10.3. The van der Waals surface area contributed by atoms with Gasteiger partial charge in [0.2, 0.25) is 0 Å². The second-order valence-corrected chi connectivity index (χ2v) is 7.28. The van der Waals surface area contributed by atoms with E-state index in [4.69, 9.17) is 4.74 Å². The van der Waals surface area contributed by atoms with Crippen LogP contribution in [0.15, 0.2) is 36.4 Å². The third kappa shape index (κ3) is 4.45. The summed E-state index contributed by atoms with van der Waals surface area (Å²) < 4.78 is 6.25. The number of thiazole rings is 1. The number of nitrogens with one attached hydrogen (secondary N) is 1. The molecule has 28 heavy (non-hydrogen) atoms. The summed E-state index contributed by atoms with van der Waals surface area (Å²) in [4.78, 5) is 27.6. The highest BCUT2D eigenvalue weighted by molar-refractivity contribution is 7.22. The number of nitro groups is 1. The Bertz CT molecular complexity index is 1020. The lowest BCUT2D eigenvalue weighted by molar-refractivity contribution is -0.385. The number of rotatable bonds is 8.